The SMILES string of the molecule is CCCCCC(C)(OC(F)(F)F)C(=O)OCC. The number of esters is 1. The standard InChI is InChI=1S/C11H19F3O3/c1-4-6-7-8-10(3,9(15)16-5-2)17-11(12,13)14/h4-8H2,1-3H3. The summed E-state index contributed by atoms with van der Waals surface area (Å²) in [5.74, 6) is -0.964. The van der Waals surface area contributed by atoms with Crippen molar-refractivity contribution in [1.82, 2.24) is 0 Å². The van der Waals surface area contributed by atoms with Gasteiger partial charge in [-0.25, -0.2) is 4.79 Å². The molecule has 1 atom stereocenters. The molecule has 3 nitrogen and oxygen atoms in total. The molecule has 0 N–H and O–H groups in total. The Morgan fingerprint density at radius 2 is 1.76 bits per heavy atom. The van der Waals surface area contributed by atoms with Gasteiger partial charge >= 0.3 is 12.3 Å². The van der Waals surface area contributed by atoms with E-state index in [0.29, 0.717) is 6.42 Å². The quantitative estimate of drug-likeness (QED) is 0.517. The van der Waals surface area contributed by atoms with E-state index in [1.54, 1.807) is 0 Å². The summed E-state index contributed by atoms with van der Waals surface area (Å²) < 4.78 is 45.2. The van der Waals surface area contributed by atoms with Crippen molar-refractivity contribution in [3.8, 4) is 0 Å². The lowest BCUT2D eigenvalue weighted by Crippen LogP contribution is -2.44. The van der Waals surface area contributed by atoms with E-state index >= 15 is 0 Å². The Kier molecular flexibility index (Phi) is 6.52. The first kappa shape index (κ1) is 16.2. The third-order valence-corrected chi connectivity index (χ3v) is 2.31. The monoisotopic (exact) mass is 256 g/mol. The van der Waals surface area contributed by atoms with Gasteiger partial charge in [0, 0.05) is 0 Å². The zero-order chi connectivity index (χ0) is 13.5. The minimum Gasteiger partial charge on any atom is -0.464 e. The minimum atomic E-state index is -4.84. The number of ether oxygens (including phenoxy) is 2. The molecule has 0 heterocycles. The van der Waals surface area contributed by atoms with Gasteiger partial charge in [0.25, 0.3) is 0 Å². The number of unbranched alkanes of at least 4 members (excludes halogenated alkanes) is 2. The van der Waals surface area contributed by atoms with Crippen LogP contribution in [0.5, 0.6) is 0 Å². The van der Waals surface area contributed by atoms with Gasteiger partial charge in [0.2, 0.25) is 0 Å². The summed E-state index contributed by atoms with van der Waals surface area (Å²) >= 11 is 0. The van der Waals surface area contributed by atoms with Crippen molar-refractivity contribution >= 4 is 5.97 Å². The molecular weight excluding hydrogens is 237 g/mol. The highest BCUT2D eigenvalue weighted by Gasteiger charge is 2.46. The van der Waals surface area contributed by atoms with Gasteiger partial charge in [0.05, 0.1) is 6.61 Å². The van der Waals surface area contributed by atoms with Crippen LogP contribution in [0.4, 0.5) is 13.2 Å². The molecule has 0 amide bonds. The molecule has 102 valence electrons. The van der Waals surface area contributed by atoms with Crippen molar-refractivity contribution in [2.24, 2.45) is 0 Å². The first-order chi connectivity index (χ1) is 7.75. The van der Waals surface area contributed by atoms with Crippen molar-refractivity contribution in [1.29, 1.82) is 0 Å². The van der Waals surface area contributed by atoms with E-state index in [1.165, 1.54) is 6.92 Å². The van der Waals surface area contributed by atoms with E-state index in [9.17, 15) is 18.0 Å². The van der Waals surface area contributed by atoms with Crippen LogP contribution in [-0.2, 0) is 14.3 Å². The van der Waals surface area contributed by atoms with Crippen LogP contribution in [0.3, 0.4) is 0 Å². The molecular formula is C11H19F3O3. The fourth-order valence-corrected chi connectivity index (χ4v) is 1.45. The highest BCUT2D eigenvalue weighted by Crippen LogP contribution is 2.30. The van der Waals surface area contributed by atoms with Gasteiger partial charge in [-0.15, -0.1) is 13.2 Å². The van der Waals surface area contributed by atoms with E-state index in [0.717, 1.165) is 19.8 Å². The van der Waals surface area contributed by atoms with Gasteiger partial charge in [-0.2, -0.15) is 0 Å². The number of hydrogen-bond acceptors (Lipinski definition) is 3. The second-order valence-corrected chi connectivity index (χ2v) is 3.96. The molecule has 0 bridgehead atoms. The van der Waals surface area contributed by atoms with Gasteiger partial charge < -0.3 is 4.74 Å². The molecule has 0 saturated carbocycles. The number of alkyl halides is 3. The predicted octanol–water partition coefficient (Wildman–Crippen LogP) is 3.42. The molecule has 0 rings (SSSR count). The van der Waals surface area contributed by atoms with Crippen LogP contribution < -0.4 is 0 Å². The second-order valence-electron chi connectivity index (χ2n) is 3.96. The van der Waals surface area contributed by atoms with E-state index in [4.69, 9.17) is 0 Å². The summed E-state index contributed by atoms with van der Waals surface area (Å²) in [6.07, 6.45) is -2.75. The molecule has 0 aliphatic heterocycles. The maximum atomic E-state index is 12.2. The fourth-order valence-electron chi connectivity index (χ4n) is 1.45. The van der Waals surface area contributed by atoms with Crippen molar-refractivity contribution in [3.05, 3.63) is 0 Å². The van der Waals surface area contributed by atoms with Gasteiger partial charge in [-0.1, -0.05) is 19.8 Å². The molecule has 0 aliphatic carbocycles. The Labute approximate surface area is 99.3 Å². The van der Waals surface area contributed by atoms with E-state index in [-0.39, 0.29) is 13.0 Å². The summed E-state index contributed by atoms with van der Waals surface area (Å²) in [4.78, 5) is 11.5. The first-order valence-corrected chi connectivity index (χ1v) is 5.69. The zero-order valence-electron chi connectivity index (χ0n) is 10.4. The summed E-state index contributed by atoms with van der Waals surface area (Å²) in [6, 6.07) is 0. The Balaban J connectivity index is 4.62. The van der Waals surface area contributed by atoms with Crippen molar-refractivity contribution < 1.29 is 27.4 Å². The highest BCUT2D eigenvalue weighted by atomic mass is 19.4. The van der Waals surface area contributed by atoms with Crippen LogP contribution in [0.1, 0.15) is 46.5 Å². The Bertz CT molecular complexity index is 241. The second kappa shape index (κ2) is 6.83. The highest BCUT2D eigenvalue weighted by molar-refractivity contribution is 5.79. The lowest BCUT2D eigenvalue weighted by atomic mass is 9.98. The summed E-state index contributed by atoms with van der Waals surface area (Å²) in [5, 5.41) is 0. The number of halogens is 3. The molecule has 0 aliphatic rings. The Hall–Kier alpha value is -0.780. The van der Waals surface area contributed by atoms with Crippen LogP contribution in [0.2, 0.25) is 0 Å². The molecule has 0 aromatic heterocycles. The van der Waals surface area contributed by atoms with Crippen molar-refractivity contribution in [2.75, 3.05) is 6.61 Å². The van der Waals surface area contributed by atoms with Crippen LogP contribution in [0.15, 0.2) is 0 Å². The lowest BCUT2D eigenvalue weighted by molar-refractivity contribution is -0.361. The number of hydrogen-bond donors (Lipinski definition) is 0. The minimum absolute atomic E-state index is 0.000810. The normalized spacial score (nSPS) is 15.4. The number of carbonyl (C=O) groups is 1. The molecule has 0 saturated heterocycles. The fraction of sp³-hybridized carbons (Fsp3) is 0.909. The van der Waals surface area contributed by atoms with Crippen LogP contribution in [0.25, 0.3) is 0 Å². The summed E-state index contributed by atoms with van der Waals surface area (Å²) in [6.45, 7) is 4.61. The molecule has 0 aromatic carbocycles. The molecule has 1 unspecified atom stereocenters. The van der Waals surface area contributed by atoms with Gasteiger partial charge in [0.15, 0.2) is 5.60 Å². The smallest absolute Gasteiger partial charge is 0.464 e. The number of rotatable bonds is 7. The van der Waals surface area contributed by atoms with Gasteiger partial charge in [-0.3, -0.25) is 4.74 Å². The first-order valence-electron chi connectivity index (χ1n) is 5.69. The molecule has 0 aromatic rings. The van der Waals surface area contributed by atoms with E-state index in [1.807, 2.05) is 6.92 Å². The summed E-state index contributed by atoms with van der Waals surface area (Å²) in [7, 11) is 0. The van der Waals surface area contributed by atoms with Crippen LogP contribution in [0, 0.1) is 0 Å². The zero-order valence-corrected chi connectivity index (χ0v) is 10.4. The van der Waals surface area contributed by atoms with Gasteiger partial charge in [-0.05, 0) is 26.7 Å². The average Bonchev–Trinajstić information content (AvgIpc) is 2.15. The Morgan fingerprint density at radius 3 is 2.18 bits per heavy atom. The predicted molar refractivity (Wildman–Crippen MR) is 56.3 cm³/mol. The molecule has 0 spiro atoms. The summed E-state index contributed by atoms with van der Waals surface area (Å²) in [5.41, 5.74) is -1.94. The lowest BCUT2D eigenvalue weighted by Gasteiger charge is -2.28. The van der Waals surface area contributed by atoms with Crippen molar-refractivity contribution in [3.63, 3.8) is 0 Å². The topological polar surface area (TPSA) is 35.5 Å². The Morgan fingerprint density at radius 1 is 1.18 bits per heavy atom. The molecule has 0 fully saturated rings. The molecule has 17 heavy (non-hydrogen) atoms. The van der Waals surface area contributed by atoms with Crippen LogP contribution >= 0.6 is 0 Å². The maximum absolute atomic E-state index is 12.2. The molecule has 0 radical (unpaired) electrons. The van der Waals surface area contributed by atoms with Gasteiger partial charge in [0.1, 0.15) is 0 Å². The third-order valence-electron chi connectivity index (χ3n) is 2.31. The molecule has 6 heteroatoms. The number of carbonyl (C=O) groups excluding carboxylic acids is 1. The average molecular weight is 256 g/mol. The van der Waals surface area contributed by atoms with Crippen LogP contribution in [-0.4, -0.2) is 24.5 Å². The van der Waals surface area contributed by atoms with E-state index < -0.39 is 17.9 Å². The maximum Gasteiger partial charge on any atom is 0.523 e. The third kappa shape index (κ3) is 6.51. The van der Waals surface area contributed by atoms with Crippen molar-refractivity contribution in [2.45, 2.75) is 58.4 Å². The van der Waals surface area contributed by atoms with E-state index in [2.05, 4.69) is 9.47 Å². The largest absolute Gasteiger partial charge is 0.523 e.